The zero-order valence-corrected chi connectivity index (χ0v) is 12.9. The van der Waals surface area contributed by atoms with E-state index in [0.717, 1.165) is 29.7 Å². The molecule has 0 aliphatic heterocycles. The molecule has 0 spiro atoms. The highest BCUT2D eigenvalue weighted by Gasteiger charge is 2.06. The summed E-state index contributed by atoms with van der Waals surface area (Å²) in [6.45, 7) is 3.25. The van der Waals surface area contributed by atoms with E-state index in [1.165, 1.54) is 0 Å². The summed E-state index contributed by atoms with van der Waals surface area (Å²) in [5.74, 6) is 0.932. The van der Waals surface area contributed by atoms with Crippen LogP contribution in [-0.2, 0) is 17.6 Å². The highest BCUT2D eigenvalue weighted by atomic mass is 16.5. The van der Waals surface area contributed by atoms with E-state index in [1.54, 1.807) is 12.5 Å². The Hall–Kier alpha value is -2.30. The summed E-state index contributed by atoms with van der Waals surface area (Å²) >= 11 is 0. The lowest BCUT2D eigenvalue weighted by Gasteiger charge is -2.10. The van der Waals surface area contributed by atoms with Crippen molar-refractivity contribution in [3.8, 4) is 5.75 Å². The van der Waals surface area contributed by atoms with Gasteiger partial charge < -0.3 is 14.6 Å². The smallest absolute Gasteiger partial charge is 0.220 e. The molecule has 0 bridgehead atoms. The van der Waals surface area contributed by atoms with Crippen molar-refractivity contribution in [1.82, 2.24) is 10.5 Å². The molecule has 0 aliphatic rings. The van der Waals surface area contributed by atoms with Crippen molar-refractivity contribution < 1.29 is 14.1 Å². The van der Waals surface area contributed by atoms with Crippen LogP contribution in [0.15, 0.2) is 41.2 Å². The van der Waals surface area contributed by atoms with E-state index in [2.05, 4.69) is 10.5 Å². The molecule has 1 heterocycles. The highest BCUT2D eigenvalue weighted by Crippen LogP contribution is 2.19. The van der Waals surface area contributed by atoms with E-state index in [0.29, 0.717) is 26.0 Å². The molecule has 0 saturated heterocycles. The third-order valence-corrected chi connectivity index (χ3v) is 3.34. The van der Waals surface area contributed by atoms with Crippen molar-refractivity contribution in [3.05, 3.63) is 47.9 Å². The zero-order valence-electron chi connectivity index (χ0n) is 12.9. The van der Waals surface area contributed by atoms with Crippen LogP contribution in [0.2, 0.25) is 0 Å². The molecule has 0 atom stereocenters. The summed E-state index contributed by atoms with van der Waals surface area (Å²) in [6, 6.07) is 7.86. The van der Waals surface area contributed by atoms with Crippen LogP contribution in [0.25, 0.3) is 0 Å². The number of nitrogens with one attached hydrogen (secondary N) is 1. The summed E-state index contributed by atoms with van der Waals surface area (Å²) in [4.78, 5) is 11.9. The Kier molecular flexibility index (Phi) is 6.48. The number of benzene rings is 1. The first-order chi connectivity index (χ1) is 10.8. The van der Waals surface area contributed by atoms with Gasteiger partial charge in [-0.15, -0.1) is 0 Å². The van der Waals surface area contributed by atoms with Crippen molar-refractivity contribution >= 4 is 5.91 Å². The molecule has 1 aromatic carbocycles. The number of para-hydroxylation sites is 1. The van der Waals surface area contributed by atoms with Gasteiger partial charge in [0.2, 0.25) is 5.91 Å². The van der Waals surface area contributed by atoms with E-state index < -0.39 is 0 Å². The number of rotatable bonds is 9. The molecule has 0 saturated carbocycles. The van der Waals surface area contributed by atoms with E-state index in [1.807, 2.05) is 31.2 Å². The average Bonchev–Trinajstić information content (AvgIpc) is 3.04. The summed E-state index contributed by atoms with van der Waals surface area (Å²) in [5.41, 5.74) is 2.13. The minimum Gasteiger partial charge on any atom is -0.494 e. The van der Waals surface area contributed by atoms with Gasteiger partial charge in [0.05, 0.1) is 12.8 Å². The fraction of sp³-hybridized carbons (Fsp3) is 0.412. The zero-order chi connectivity index (χ0) is 15.6. The van der Waals surface area contributed by atoms with Gasteiger partial charge in [-0.1, -0.05) is 23.4 Å². The van der Waals surface area contributed by atoms with Gasteiger partial charge in [-0.3, -0.25) is 4.79 Å². The third kappa shape index (κ3) is 5.24. The number of aromatic nitrogens is 1. The van der Waals surface area contributed by atoms with E-state index >= 15 is 0 Å². The Morgan fingerprint density at radius 2 is 2.18 bits per heavy atom. The SMILES string of the molecule is CCOc1ccccc1CCC(=O)NCCCc1cnoc1. The molecule has 1 amide bonds. The van der Waals surface area contributed by atoms with Crippen molar-refractivity contribution in [3.63, 3.8) is 0 Å². The lowest BCUT2D eigenvalue weighted by molar-refractivity contribution is -0.121. The van der Waals surface area contributed by atoms with Gasteiger partial charge in [0.15, 0.2) is 0 Å². The van der Waals surface area contributed by atoms with Crippen molar-refractivity contribution in [2.45, 2.75) is 32.6 Å². The van der Waals surface area contributed by atoms with Crippen LogP contribution in [0.4, 0.5) is 0 Å². The van der Waals surface area contributed by atoms with Gasteiger partial charge in [0.25, 0.3) is 0 Å². The first-order valence-electron chi connectivity index (χ1n) is 7.65. The Morgan fingerprint density at radius 3 is 2.95 bits per heavy atom. The fourth-order valence-corrected chi connectivity index (χ4v) is 2.21. The third-order valence-electron chi connectivity index (χ3n) is 3.34. The maximum atomic E-state index is 11.9. The maximum Gasteiger partial charge on any atom is 0.220 e. The quantitative estimate of drug-likeness (QED) is 0.723. The molecular weight excluding hydrogens is 280 g/mol. The highest BCUT2D eigenvalue weighted by molar-refractivity contribution is 5.76. The Morgan fingerprint density at radius 1 is 1.32 bits per heavy atom. The number of hydrogen-bond acceptors (Lipinski definition) is 4. The van der Waals surface area contributed by atoms with E-state index in [9.17, 15) is 4.79 Å². The average molecular weight is 302 g/mol. The molecule has 0 fully saturated rings. The second kappa shape index (κ2) is 8.87. The first kappa shape index (κ1) is 16.1. The summed E-state index contributed by atoms with van der Waals surface area (Å²) in [6.07, 6.45) is 6.23. The number of carbonyl (C=O) groups excluding carboxylic acids is 1. The molecule has 0 radical (unpaired) electrons. The maximum absolute atomic E-state index is 11.9. The minimum atomic E-state index is 0.0663. The van der Waals surface area contributed by atoms with Gasteiger partial charge in [-0.05, 0) is 37.8 Å². The van der Waals surface area contributed by atoms with Crippen LogP contribution >= 0.6 is 0 Å². The van der Waals surface area contributed by atoms with Crippen LogP contribution < -0.4 is 10.1 Å². The number of hydrogen-bond donors (Lipinski definition) is 1. The van der Waals surface area contributed by atoms with Crippen LogP contribution in [0.3, 0.4) is 0 Å². The van der Waals surface area contributed by atoms with E-state index in [4.69, 9.17) is 9.26 Å². The Bertz CT molecular complexity index is 567. The number of ether oxygens (including phenoxy) is 1. The topological polar surface area (TPSA) is 64.4 Å². The Balaban J connectivity index is 1.67. The first-order valence-corrected chi connectivity index (χ1v) is 7.65. The van der Waals surface area contributed by atoms with Gasteiger partial charge in [-0.25, -0.2) is 0 Å². The van der Waals surface area contributed by atoms with Gasteiger partial charge in [-0.2, -0.15) is 0 Å². The second-order valence-corrected chi connectivity index (χ2v) is 5.03. The second-order valence-electron chi connectivity index (χ2n) is 5.03. The van der Waals surface area contributed by atoms with Crippen molar-refractivity contribution in [2.24, 2.45) is 0 Å². The number of amides is 1. The summed E-state index contributed by atoms with van der Waals surface area (Å²) in [7, 11) is 0. The lowest BCUT2D eigenvalue weighted by Crippen LogP contribution is -2.25. The fourth-order valence-electron chi connectivity index (χ4n) is 2.21. The molecule has 118 valence electrons. The van der Waals surface area contributed by atoms with Gasteiger partial charge in [0, 0.05) is 18.5 Å². The molecule has 0 aliphatic carbocycles. The van der Waals surface area contributed by atoms with Crippen LogP contribution in [0, 0.1) is 0 Å². The van der Waals surface area contributed by atoms with Crippen LogP contribution in [-0.4, -0.2) is 24.2 Å². The molecule has 22 heavy (non-hydrogen) atoms. The van der Waals surface area contributed by atoms with Crippen molar-refractivity contribution in [2.75, 3.05) is 13.2 Å². The predicted octanol–water partition coefficient (Wildman–Crippen LogP) is 2.75. The summed E-state index contributed by atoms with van der Waals surface area (Å²) in [5, 5.41) is 6.58. The largest absolute Gasteiger partial charge is 0.494 e. The number of nitrogens with zero attached hydrogens (tertiary/aromatic N) is 1. The molecule has 5 heteroatoms. The number of aryl methyl sites for hydroxylation is 2. The lowest BCUT2D eigenvalue weighted by atomic mass is 10.1. The molecular formula is C17H22N2O3. The summed E-state index contributed by atoms with van der Waals surface area (Å²) < 4.78 is 10.3. The molecule has 2 aromatic rings. The molecule has 1 aromatic heterocycles. The molecule has 1 N–H and O–H groups in total. The van der Waals surface area contributed by atoms with Gasteiger partial charge in [0.1, 0.15) is 12.0 Å². The monoisotopic (exact) mass is 302 g/mol. The van der Waals surface area contributed by atoms with E-state index in [-0.39, 0.29) is 5.91 Å². The minimum absolute atomic E-state index is 0.0663. The number of carbonyl (C=O) groups is 1. The normalized spacial score (nSPS) is 10.4. The Labute approximate surface area is 130 Å². The van der Waals surface area contributed by atoms with Gasteiger partial charge >= 0.3 is 0 Å². The molecule has 5 nitrogen and oxygen atoms in total. The van der Waals surface area contributed by atoms with Crippen molar-refractivity contribution in [1.29, 1.82) is 0 Å². The van der Waals surface area contributed by atoms with Crippen LogP contribution in [0.5, 0.6) is 5.75 Å². The molecule has 0 unspecified atom stereocenters. The van der Waals surface area contributed by atoms with Crippen LogP contribution in [0.1, 0.15) is 30.9 Å². The molecule has 2 rings (SSSR count). The standard InChI is InChI=1S/C17H22N2O3/c1-2-21-16-8-4-3-7-15(16)9-10-17(20)18-11-5-6-14-12-19-22-13-14/h3-4,7-8,12-13H,2,5-6,9-11H2,1H3,(H,18,20). The predicted molar refractivity (Wildman–Crippen MR) is 83.8 cm³/mol.